The van der Waals surface area contributed by atoms with Crippen molar-refractivity contribution in [1.82, 2.24) is 9.66 Å². The Morgan fingerprint density at radius 3 is 2.70 bits per heavy atom. The summed E-state index contributed by atoms with van der Waals surface area (Å²) in [5, 5.41) is 5.06. The molecule has 140 valence electrons. The van der Waals surface area contributed by atoms with Crippen LogP contribution in [-0.2, 0) is 6.61 Å². The summed E-state index contributed by atoms with van der Waals surface area (Å²) in [5.74, 6) is 1.84. The first-order valence-electron chi connectivity index (χ1n) is 8.38. The van der Waals surface area contributed by atoms with Gasteiger partial charge in [0, 0.05) is 10.6 Å². The number of methoxy groups -OCH3 is 1. The molecule has 0 amide bonds. The lowest BCUT2D eigenvalue weighted by atomic mass is 10.1. The van der Waals surface area contributed by atoms with Crippen LogP contribution in [0.15, 0.2) is 47.7 Å². The number of ether oxygens (including phenoxy) is 2. The fourth-order valence-corrected chi connectivity index (χ4v) is 2.70. The minimum absolute atomic E-state index is 0.346. The number of aryl methyl sites for hydroxylation is 2. The van der Waals surface area contributed by atoms with Crippen LogP contribution in [0, 0.1) is 13.8 Å². The summed E-state index contributed by atoms with van der Waals surface area (Å²) >= 11 is 6.06. The van der Waals surface area contributed by atoms with Gasteiger partial charge in [-0.2, -0.15) is 5.10 Å². The van der Waals surface area contributed by atoms with Gasteiger partial charge in [0.25, 0.3) is 0 Å². The Morgan fingerprint density at radius 2 is 2.04 bits per heavy atom. The third kappa shape index (κ3) is 4.60. The van der Waals surface area contributed by atoms with E-state index < -0.39 is 0 Å². The Bertz CT molecular complexity index is 982. The number of hydrogen-bond acceptors (Lipinski definition) is 5. The number of anilines is 1. The molecule has 0 saturated carbocycles. The van der Waals surface area contributed by atoms with Gasteiger partial charge in [0.05, 0.1) is 25.2 Å². The highest BCUT2D eigenvalue weighted by atomic mass is 35.5. The number of aromatic nitrogens is 2. The van der Waals surface area contributed by atoms with Crippen molar-refractivity contribution in [3.8, 4) is 11.5 Å². The maximum absolute atomic E-state index is 6.06. The molecule has 3 aromatic rings. The van der Waals surface area contributed by atoms with Gasteiger partial charge in [-0.15, -0.1) is 0 Å². The molecule has 7 heteroatoms. The second kappa shape index (κ2) is 8.14. The summed E-state index contributed by atoms with van der Waals surface area (Å²) in [4.78, 5) is 4.12. The van der Waals surface area contributed by atoms with Gasteiger partial charge in [0.15, 0.2) is 0 Å². The molecule has 6 nitrogen and oxygen atoms in total. The van der Waals surface area contributed by atoms with Crippen molar-refractivity contribution in [1.29, 1.82) is 0 Å². The lowest BCUT2D eigenvalue weighted by Crippen LogP contribution is -2.01. The van der Waals surface area contributed by atoms with E-state index in [1.807, 2.05) is 50.2 Å². The molecule has 0 aliphatic heterocycles. The van der Waals surface area contributed by atoms with Crippen molar-refractivity contribution in [2.45, 2.75) is 20.5 Å². The summed E-state index contributed by atoms with van der Waals surface area (Å²) in [5.41, 5.74) is 9.39. The highest BCUT2D eigenvalue weighted by Crippen LogP contribution is 2.24. The molecule has 1 aromatic heterocycles. The lowest BCUT2D eigenvalue weighted by Gasteiger charge is -2.12. The van der Waals surface area contributed by atoms with Crippen molar-refractivity contribution in [3.05, 3.63) is 70.0 Å². The molecule has 0 fully saturated rings. The maximum atomic E-state index is 6.06. The molecule has 0 unspecified atom stereocenters. The number of imidazole rings is 1. The van der Waals surface area contributed by atoms with Crippen LogP contribution in [0.1, 0.15) is 22.4 Å². The van der Waals surface area contributed by atoms with E-state index in [0.717, 1.165) is 33.9 Å². The summed E-state index contributed by atoms with van der Waals surface area (Å²) in [6, 6.07) is 11.3. The van der Waals surface area contributed by atoms with Crippen LogP contribution in [-0.4, -0.2) is 23.0 Å². The van der Waals surface area contributed by atoms with E-state index >= 15 is 0 Å². The molecule has 0 radical (unpaired) electrons. The van der Waals surface area contributed by atoms with Crippen LogP contribution in [0.2, 0.25) is 5.02 Å². The van der Waals surface area contributed by atoms with Gasteiger partial charge < -0.3 is 15.2 Å². The fraction of sp³-hybridized carbons (Fsp3) is 0.200. The van der Waals surface area contributed by atoms with Crippen LogP contribution >= 0.6 is 11.6 Å². The van der Waals surface area contributed by atoms with Crippen LogP contribution in [0.3, 0.4) is 0 Å². The predicted molar refractivity (Wildman–Crippen MR) is 108 cm³/mol. The Morgan fingerprint density at radius 1 is 1.22 bits per heavy atom. The average Bonchev–Trinajstić information content (AvgIpc) is 2.98. The number of hydrogen-bond donors (Lipinski definition) is 1. The minimum Gasteiger partial charge on any atom is -0.496 e. The summed E-state index contributed by atoms with van der Waals surface area (Å²) in [7, 11) is 1.63. The van der Waals surface area contributed by atoms with E-state index in [0.29, 0.717) is 17.6 Å². The number of nitrogens with zero attached hydrogens (tertiary/aromatic N) is 3. The van der Waals surface area contributed by atoms with Crippen LogP contribution < -0.4 is 15.2 Å². The topological polar surface area (TPSA) is 74.7 Å². The third-order valence-electron chi connectivity index (χ3n) is 3.99. The van der Waals surface area contributed by atoms with Crippen LogP contribution in [0.4, 0.5) is 5.95 Å². The van der Waals surface area contributed by atoms with Crippen molar-refractivity contribution in [2.75, 3.05) is 12.8 Å². The highest BCUT2D eigenvalue weighted by molar-refractivity contribution is 6.31. The second-order valence-electron chi connectivity index (χ2n) is 6.10. The normalized spacial score (nSPS) is 11.1. The van der Waals surface area contributed by atoms with Crippen molar-refractivity contribution < 1.29 is 9.47 Å². The molecular formula is C20H21ClN4O2. The molecule has 0 atom stereocenters. The van der Waals surface area contributed by atoms with Crippen molar-refractivity contribution >= 4 is 23.8 Å². The van der Waals surface area contributed by atoms with Gasteiger partial charge >= 0.3 is 0 Å². The van der Waals surface area contributed by atoms with E-state index in [1.54, 1.807) is 19.5 Å². The third-order valence-corrected chi connectivity index (χ3v) is 4.42. The highest BCUT2D eigenvalue weighted by Gasteiger charge is 2.07. The molecule has 0 bridgehead atoms. The van der Waals surface area contributed by atoms with Crippen LogP contribution in [0.25, 0.3) is 0 Å². The van der Waals surface area contributed by atoms with E-state index in [9.17, 15) is 0 Å². The van der Waals surface area contributed by atoms with Gasteiger partial charge in [0.1, 0.15) is 18.1 Å². The number of rotatable bonds is 6. The van der Waals surface area contributed by atoms with Crippen molar-refractivity contribution in [2.24, 2.45) is 5.10 Å². The predicted octanol–water partition coefficient (Wildman–Crippen LogP) is 4.21. The average molecular weight is 385 g/mol. The quantitative estimate of drug-likeness (QED) is 0.646. The van der Waals surface area contributed by atoms with Gasteiger partial charge in [-0.3, -0.25) is 0 Å². The molecule has 3 rings (SSSR count). The summed E-state index contributed by atoms with van der Waals surface area (Å²) in [6.07, 6.45) is 3.48. The number of halogens is 1. The number of benzene rings is 2. The van der Waals surface area contributed by atoms with Gasteiger partial charge in [-0.05, 0) is 61.4 Å². The van der Waals surface area contributed by atoms with E-state index in [4.69, 9.17) is 26.8 Å². The SMILES string of the molecule is COc1ccc(C=Nn2cc(C)nc2N)cc1COc1ccc(Cl)c(C)c1. The first-order valence-corrected chi connectivity index (χ1v) is 8.75. The van der Waals surface area contributed by atoms with E-state index in [1.165, 1.54) is 4.68 Å². The molecule has 27 heavy (non-hydrogen) atoms. The molecule has 0 spiro atoms. The molecule has 0 aliphatic rings. The summed E-state index contributed by atoms with van der Waals surface area (Å²) < 4.78 is 12.9. The lowest BCUT2D eigenvalue weighted by molar-refractivity contribution is 0.296. The molecule has 0 saturated heterocycles. The number of nitrogens with two attached hydrogens (primary N) is 1. The Balaban J connectivity index is 1.78. The first-order chi connectivity index (χ1) is 13.0. The summed E-state index contributed by atoms with van der Waals surface area (Å²) in [6.45, 7) is 4.16. The smallest absolute Gasteiger partial charge is 0.221 e. The van der Waals surface area contributed by atoms with Gasteiger partial charge in [-0.25, -0.2) is 9.66 Å². The number of nitrogen functional groups attached to an aromatic ring is 1. The Labute approximate surface area is 163 Å². The zero-order valence-electron chi connectivity index (χ0n) is 15.4. The Kier molecular flexibility index (Phi) is 5.66. The van der Waals surface area contributed by atoms with E-state index in [2.05, 4.69) is 10.1 Å². The monoisotopic (exact) mass is 384 g/mol. The maximum Gasteiger partial charge on any atom is 0.221 e. The molecule has 2 N–H and O–H groups in total. The van der Waals surface area contributed by atoms with Crippen LogP contribution in [0.5, 0.6) is 11.5 Å². The zero-order chi connectivity index (χ0) is 19.4. The van der Waals surface area contributed by atoms with Gasteiger partial charge in [0.2, 0.25) is 5.95 Å². The zero-order valence-corrected chi connectivity index (χ0v) is 16.2. The van der Waals surface area contributed by atoms with Gasteiger partial charge in [-0.1, -0.05) is 11.6 Å². The molecule has 1 heterocycles. The first kappa shape index (κ1) is 18.8. The molecular weight excluding hydrogens is 364 g/mol. The minimum atomic E-state index is 0.346. The fourth-order valence-electron chi connectivity index (χ4n) is 2.58. The molecule has 2 aromatic carbocycles. The molecule has 0 aliphatic carbocycles. The standard InChI is InChI=1S/C20H21ClN4O2/c1-13-8-17(5-6-18(13)21)27-12-16-9-15(4-7-19(16)26-3)10-23-25-11-14(2)24-20(25)22/h4-11H,12H2,1-3H3,(H2,22,24). The Hall–Kier alpha value is -2.99. The van der Waals surface area contributed by atoms with E-state index in [-0.39, 0.29) is 0 Å². The largest absolute Gasteiger partial charge is 0.496 e. The second-order valence-corrected chi connectivity index (χ2v) is 6.51. The van der Waals surface area contributed by atoms with Crippen molar-refractivity contribution in [3.63, 3.8) is 0 Å².